The Labute approximate surface area is 131 Å². The van der Waals surface area contributed by atoms with Crippen LogP contribution in [0.15, 0.2) is 0 Å². The molecular formula is C18H35NO2. The summed E-state index contributed by atoms with van der Waals surface area (Å²) >= 11 is 0. The summed E-state index contributed by atoms with van der Waals surface area (Å²) in [4.78, 5) is 27.1. The van der Waals surface area contributed by atoms with Crippen molar-refractivity contribution < 1.29 is 9.59 Å². The summed E-state index contributed by atoms with van der Waals surface area (Å²) < 4.78 is 0. The van der Waals surface area contributed by atoms with Crippen molar-refractivity contribution >= 4 is 11.6 Å². The third-order valence-corrected chi connectivity index (χ3v) is 4.05. The maximum Gasteiger partial charge on any atom is 0.155 e. The number of rotatable bonds is 5. The number of hydrogen-bond acceptors (Lipinski definition) is 3. The topological polar surface area (TPSA) is 37.4 Å². The minimum absolute atomic E-state index is 0.101. The van der Waals surface area contributed by atoms with Crippen molar-refractivity contribution in [1.82, 2.24) is 4.90 Å². The van der Waals surface area contributed by atoms with Gasteiger partial charge in [-0.2, -0.15) is 0 Å². The number of carbonyl (C=O) groups is 2. The Balaban J connectivity index is 5.18. The molecule has 0 radical (unpaired) electrons. The minimum Gasteiger partial charge on any atom is -0.299 e. The van der Waals surface area contributed by atoms with Crippen molar-refractivity contribution in [3.63, 3.8) is 0 Å². The van der Waals surface area contributed by atoms with E-state index in [1.165, 1.54) is 0 Å². The van der Waals surface area contributed by atoms with E-state index in [4.69, 9.17) is 0 Å². The normalized spacial score (nSPS) is 15.2. The molecule has 0 fully saturated rings. The van der Waals surface area contributed by atoms with Gasteiger partial charge in [0.05, 0.1) is 6.04 Å². The lowest BCUT2D eigenvalue weighted by atomic mass is 9.81. The molecule has 0 N–H and O–H groups in total. The molecule has 0 saturated carbocycles. The van der Waals surface area contributed by atoms with E-state index >= 15 is 0 Å². The fraction of sp³-hybridized carbons (Fsp3) is 0.889. The summed E-state index contributed by atoms with van der Waals surface area (Å²) in [6.45, 7) is 17.9. The van der Waals surface area contributed by atoms with Gasteiger partial charge in [-0.25, -0.2) is 0 Å². The maximum atomic E-state index is 12.8. The molecule has 0 amide bonds. The van der Waals surface area contributed by atoms with Crippen LogP contribution in [0, 0.1) is 10.8 Å². The van der Waals surface area contributed by atoms with Gasteiger partial charge in [-0.1, -0.05) is 41.5 Å². The summed E-state index contributed by atoms with van der Waals surface area (Å²) in [6.07, 6.45) is 1.05. The predicted octanol–water partition coefficient (Wildman–Crippen LogP) is 4.10. The van der Waals surface area contributed by atoms with E-state index in [0.717, 1.165) is 0 Å². The predicted molar refractivity (Wildman–Crippen MR) is 89.5 cm³/mol. The summed E-state index contributed by atoms with van der Waals surface area (Å²) in [5, 5.41) is 0. The summed E-state index contributed by atoms with van der Waals surface area (Å²) in [5.74, 6) is 0.429. The van der Waals surface area contributed by atoms with Gasteiger partial charge in [0.15, 0.2) is 5.78 Å². The van der Waals surface area contributed by atoms with Crippen molar-refractivity contribution in [3.8, 4) is 0 Å². The first-order chi connectivity index (χ1) is 9.08. The number of nitrogens with zero attached hydrogens (tertiary/aromatic N) is 1. The molecule has 1 unspecified atom stereocenters. The summed E-state index contributed by atoms with van der Waals surface area (Å²) in [6, 6.07) is -0.212. The van der Waals surface area contributed by atoms with Crippen LogP contribution in [0.2, 0.25) is 0 Å². The van der Waals surface area contributed by atoms with E-state index in [9.17, 15) is 9.59 Å². The van der Waals surface area contributed by atoms with Crippen LogP contribution in [0.3, 0.4) is 0 Å². The van der Waals surface area contributed by atoms with Gasteiger partial charge in [0.2, 0.25) is 0 Å². The first-order valence-electron chi connectivity index (χ1n) is 7.89. The van der Waals surface area contributed by atoms with E-state index in [1.54, 1.807) is 0 Å². The van der Waals surface area contributed by atoms with Crippen molar-refractivity contribution in [1.29, 1.82) is 0 Å². The zero-order valence-electron chi connectivity index (χ0n) is 15.8. The summed E-state index contributed by atoms with van der Waals surface area (Å²) in [7, 11) is 1.98. The highest BCUT2D eigenvalue weighted by molar-refractivity contribution is 5.90. The molecule has 0 saturated heterocycles. The quantitative estimate of drug-likeness (QED) is 0.767. The molecule has 0 heterocycles. The second-order valence-electron chi connectivity index (χ2n) is 9.12. The van der Waals surface area contributed by atoms with Crippen molar-refractivity contribution in [2.45, 2.75) is 86.7 Å². The standard InChI is InChI=1S/C18H35NO2/c1-16(2,3)14(20)12-11-13(15(21)17(4,5)6)19(10)18(7,8)9/h13H,11-12H2,1-10H3. The third kappa shape index (κ3) is 6.29. The van der Waals surface area contributed by atoms with Gasteiger partial charge in [-0.15, -0.1) is 0 Å². The van der Waals surface area contributed by atoms with Crippen LogP contribution in [0.1, 0.15) is 75.2 Å². The molecule has 0 aromatic heterocycles. The second kappa shape index (κ2) is 6.60. The first kappa shape index (κ1) is 20.3. The molecule has 0 bridgehead atoms. The lowest BCUT2D eigenvalue weighted by molar-refractivity contribution is -0.134. The second-order valence-corrected chi connectivity index (χ2v) is 9.12. The highest BCUT2D eigenvalue weighted by Crippen LogP contribution is 2.27. The van der Waals surface area contributed by atoms with Gasteiger partial charge in [0.1, 0.15) is 5.78 Å². The highest BCUT2D eigenvalue weighted by Gasteiger charge is 2.36. The van der Waals surface area contributed by atoms with Crippen LogP contribution in [-0.4, -0.2) is 35.1 Å². The number of carbonyl (C=O) groups excluding carboxylic acids is 2. The SMILES string of the molecule is CN(C(CCC(=O)C(C)(C)C)C(=O)C(C)(C)C)C(C)(C)C. The van der Waals surface area contributed by atoms with Gasteiger partial charge in [0, 0.05) is 22.8 Å². The van der Waals surface area contributed by atoms with Gasteiger partial charge in [-0.05, 0) is 34.2 Å². The molecule has 124 valence electrons. The Kier molecular flexibility index (Phi) is 6.38. The molecule has 3 heteroatoms. The number of hydrogen-bond donors (Lipinski definition) is 0. The van der Waals surface area contributed by atoms with E-state index in [-0.39, 0.29) is 28.6 Å². The van der Waals surface area contributed by atoms with Crippen LogP contribution < -0.4 is 0 Å². The Hall–Kier alpha value is -0.700. The van der Waals surface area contributed by atoms with Crippen LogP contribution in [0.5, 0.6) is 0 Å². The number of likely N-dealkylation sites (N-methyl/N-ethyl adjacent to an activating group) is 1. The molecule has 3 nitrogen and oxygen atoms in total. The van der Waals surface area contributed by atoms with E-state index in [2.05, 4.69) is 25.7 Å². The lowest BCUT2D eigenvalue weighted by Gasteiger charge is -2.40. The van der Waals surface area contributed by atoms with Crippen molar-refractivity contribution in [2.75, 3.05) is 7.05 Å². The fourth-order valence-corrected chi connectivity index (χ4v) is 2.11. The summed E-state index contributed by atoms with van der Waals surface area (Å²) in [5.41, 5.74) is -0.832. The zero-order chi connectivity index (χ0) is 17.2. The molecule has 0 aromatic carbocycles. The van der Waals surface area contributed by atoms with Gasteiger partial charge >= 0.3 is 0 Å². The monoisotopic (exact) mass is 297 g/mol. The Morgan fingerprint density at radius 2 is 1.29 bits per heavy atom. The molecule has 0 aliphatic heterocycles. The maximum absolute atomic E-state index is 12.8. The van der Waals surface area contributed by atoms with Gasteiger partial charge < -0.3 is 0 Å². The lowest BCUT2D eigenvalue weighted by Crippen LogP contribution is -2.52. The van der Waals surface area contributed by atoms with Crippen LogP contribution in [0.4, 0.5) is 0 Å². The minimum atomic E-state index is -0.394. The number of ketones is 2. The van der Waals surface area contributed by atoms with E-state index in [0.29, 0.717) is 12.8 Å². The smallest absolute Gasteiger partial charge is 0.155 e. The Morgan fingerprint density at radius 3 is 1.57 bits per heavy atom. The molecule has 0 aliphatic rings. The molecular weight excluding hydrogens is 262 g/mol. The molecule has 0 rings (SSSR count). The third-order valence-electron chi connectivity index (χ3n) is 4.05. The zero-order valence-corrected chi connectivity index (χ0v) is 15.8. The van der Waals surface area contributed by atoms with Gasteiger partial charge in [-0.3, -0.25) is 14.5 Å². The number of Topliss-reactive ketones (excluding diaryl/α,β-unsaturated/α-hetero) is 2. The average Bonchev–Trinajstić information content (AvgIpc) is 2.24. The largest absolute Gasteiger partial charge is 0.299 e. The van der Waals surface area contributed by atoms with E-state index < -0.39 is 5.41 Å². The molecule has 21 heavy (non-hydrogen) atoms. The van der Waals surface area contributed by atoms with Crippen LogP contribution >= 0.6 is 0 Å². The molecule has 0 aliphatic carbocycles. The van der Waals surface area contributed by atoms with Crippen molar-refractivity contribution in [3.05, 3.63) is 0 Å². The van der Waals surface area contributed by atoms with Gasteiger partial charge in [0.25, 0.3) is 0 Å². The highest BCUT2D eigenvalue weighted by atomic mass is 16.1. The molecule has 0 aromatic rings. The molecule has 0 spiro atoms. The Bertz CT molecular complexity index is 377. The fourth-order valence-electron chi connectivity index (χ4n) is 2.11. The average molecular weight is 297 g/mol. The van der Waals surface area contributed by atoms with Crippen molar-refractivity contribution in [2.24, 2.45) is 10.8 Å². The first-order valence-corrected chi connectivity index (χ1v) is 7.89. The van der Waals surface area contributed by atoms with E-state index in [1.807, 2.05) is 48.6 Å². The van der Waals surface area contributed by atoms with Crippen LogP contribution in [-0.2, 0) is 9.59 Å². The Morgan fingerprint density at radius 1 is 0.857 bits per heavy atom. The van der Waals surface area contributed by atoms with Crippen LogP contribution in [0.25, 0.3) is 0 Å². The molecule has 1 atom stereocenters.